The largest absolute Gasteiger partial charge is 0.497 e. The van der Waals surface area contributed by atoms with Crippen molar-refractivity contribution < 1.29 is 9.15 Å². The Morgan fingerprint density at radius 2 is 2.38 bits per heavy atom. The molecule has 0 aliphatic carbocycles. The molecule has 0 fully saturated rings. The van der Waals surface area contributed by atoms with Crippen LogP contribution < -0.4 is 5.32 Å². The van der Waals surface area contributed by atoms with Gasteiger partial charge in [-0.2, -0.15) is 0 Å². The van der Waals surface area contributed by atoms with E-state index in [-0.39, 0.29) is 6.04 Å². The fraction of sp³-hybridized carbons (Fsp3) is 0.538. The normalized spacial score (nSPS) is 21.8. The maximum Gasteiger partial charge on any atom is 0.120 e. The van der Waals surface area contributed by atoms with Gasteiger partial charge in [0.1, 0.15) is 17.6 Å². The predicted octanol–water partition coefficient (Wildman–Crippen LogP) is 2.93. The highest BCUT2D eigenvalue weighted by Gasteiger charge is 2.14. The van der Waals surface area contributed by atoms with E-state index in [1.54, 1.807) is 6.26 Å². The molecule has 16 heavy (non-hydrogen) atoms. The van der Waals surface area contributed by atoms with Gasteiger partial charge in [0.05, 0.1) is 12.3 Å². The van der Waals surface area contributed by atoms with Gasteiger partial charge in [-0.05, 0) is 44.9 Å². The van der Waals surface area contributed by atoms with Crippen molar-refractivity contribution in [2.75, 3.05) is 6.54 Å². The third-order valence-electron chi connectivity index (χ3n) is 2.86. The summed E-state index contributed by atoms with van der Waals surface area (Å²) >= 11 is 0. The minimum Gasteiger partial charge on any atom is -0.497 e. The lowest BCUT2D eigenvalue weighted by Gasteiger charge is -2.21. The molecular weight excluding hydrogens is 202 g/mol. The Kier molecular flexibility index (Phi) is 3.67. The van der Waals surface area contributed by atoms with Crippen molar-refractivity contribution in [2.45, 2.75) is 38.8 Å². The van der Waals surface area contributed by atoms with Gasteiger partial charge in [0.2, 0.25) is 0 Å². The molecule has 3 heteroatoms. The van der Waals surface area contributed by atoms with Crippen molar-refractivity contribution in [1.29, 1.82) is 0 Å². The van der Waals surface area contributed by atoms with Crippen LogP contribution in [0.25, 0.3) is 0 Å². The van der Waals surface area contributed by atoms with Crippen LogP contribution in [-0.2, 0) is 4.74 Å². The summed E-state index contributed by atoms with van der Waals surface area (Å²) in [6.07, 6.45) is 6.37. The van der Waals surface area contributed by atoms with Gasteiger partial charge in [0.15, 0.2) is 0 Å². The highest BCUT2D eigenvalue weighted by molar-refractivity contribution is 5.08. The van der Waals surface area contributed by atoms with Crippen LogP contribution in [0.3, 0.4) is 0 Å². The molecular formula is C13H19NO2. The molecule has 0 saturated heterocycles. The van der Waals surface area contributed by atoms with Gasteiger partial charge in [0.25, 0.3) is 0 Å². The Bertz CT molecular complexity index is 357. The molecule has 0 saturated carbocycles. The fourth-order valence-electron chi connectivity index (χ4n) is 1.83. The molecule has 3 nitrogen and oxygen atoms in total. The molecule has 1 aromatic rings. The summed E-state index contributed by atoms with van der Waals surface area (Å²) in [4.78, 5) is 0. The Hall–Kier alpha value is -1.22. The van der Waals surface area contributed by atoms with Crippen LogP contribution in [0.4, 0.5) is 0 Å². The lowest BCUT2D eigenvalue weighted by Crippen LogP contribution is -2.30. The molecule has 0 amide bonds. The highest BCUT2D eigenvalue weighted by atomic mass is 16.5. The molecule has 2 unspecified atom stereocenters. The Morgan fingerprint density at radius 1 is 1.50 bits per heavy atom. The molecule has 1 aliphatic heterocycles. The SMILES string of the molecule is Cc1ccc(C(C)NCC2CCC=CO2)o1. The minimum absolute atomic E-state index is 0.239. The van der Waals surface area contributed by atoms with E-state index in [1.807, 2.05) is 19.1 Å². The average molecular weight is 221 g/mol. The number of hydrogen-bond acceptors (Lipinski definition) is 3. The van der Waals surface area contributed by atoms with Gasteiger partial charge in [-0.25, -0.2) is 0 Å². The number of ether oxygens (including phenoxy) is 1. The minimum atomic E-state index is 0.239. The maximum atomic E-state index is 5.57. The zero-order valence-corrected chi connectivity index (χ0v) is 9.90. The van der Waals surface area contributed by atoms with Crippen molar-refractivity contribution in [1.82, 2.24) is 5.32 Å². The van der Waals surface area contributed by atoms with Crippen molar-refractivity contribution in [3.8, 4) is 0 Å². The van der Waals surface area contributed by atoms with E-state index in [9.17, 15) is 0 Å². The van der Waals surface area contributed by atoms with Gasteiger partial charge >= 0.3 is 0 Å². The summed E-state index contributed by atoms with van der Waals surface area (Å²) in [5, 5.41) is 3.43. The van der Waals surface area contributed by atoms with Crippen molar-refractivity contribution in [2.24, 2.45) is 0 Å². The second-order valence-electron chi connectivity index (χ2n) is 4.29. The number of allylic oxidation sites excluding steroid dienone is 1. The molecule has 0 bridgehead atoms. The molecule has 88 valence electrons. The van der Waals surface area contributed by atoms with Crippen LogP contribution in [0.5, 0.6) is 0 Å². The van der Waals surface area contributed by atoms with Crippen molar-refractivity contribution >= 4 is 0 Å². The molecule has 2 atom stereocenters. The van der Waals surface area contributed by atoms with E-state index in [0.29, 0.717) is 6.10 Å². The second kappa shape index (κ2) is 5.21. The fourth-order valence-corrected chi connectivity index (χ4v) is 1.83. The standard InChI is InChI=1S/C13H19NO2/c1-10-6-7-13(16-10)11(2)14-9-12-5-3-4-8-15-12/h4,6-8,11-12,14H,3,5,9H2,1-2H3. The molecule has 1 aliphatic rings. The van der Waals surface area contributed by atoms with E-state index in [4.69, 9.17) is 9.15 Å². The number of rotatable bonds is 4. The Labute approximate surface area is 96.5 Å². The first-order valence-electron chi connectivity index (χ1n) is 5.86. The molecule has 1 N–H and O–H groups in total. The van der Waals surface area contributed by atoms with Crippen LogP contribution in [-0.4, -0.2) is 12.6 Å². The number of furan rings is 1. The zero-order chi connectivity index (χ0) is 11.4. The maximum absolute atomic E-state index is 5.57. The Morgan fingerprint density at radius 3 is 3.00 bits per heavy atom. The number of aryl methyl sites for hydroxylation is 1. The topological polar surface area (TPSA) is 34.4 Å². The van der Waals surface area contributed by atoms with Gasteiger partial charge < -0.3 is 14.5 Å². The smallest absolute Gasteiger partial charge is 0.120 e. The molecule has 2 rings (SSSR count). The van der Waals surface area contributed by atoms with E-state index < -0.39 is 0 Å². The van der Waals surface area contributed by atoms with Crippen molar-refractivity contribution in [3.63, 3.8) is 0 Å². The number of nitrogens with one attached hydrogen (secondary N) is 1. The van der Waals surface area contributed by atoms with Gasteiger partial charge in [0, 0.05) is 6.54 Å². The summed E-state index contributed by atoms with van der Waals surface area (Å²) in [6.45, 7) is 4.94. The molecule has 0 spiro atoms. The van der Waals surface area contributed by atoms with Crippen LogP contribution in [0.2, 0.25) is 0 Å². The van der Waals surface area contributed by atoms with E-state index >= 15 is 0 Å². The highest BCUT2D eigenvalue weighted by Crippen LogP contribution is 2.16. The Balaban J connectivity index is 1.79. The number of hydrogen-bond donors (Lipinski definition) is 1. The zero-order valence-electron chi connectivity index (χ0n) is 9.90. The first-order valence-corrected chi connectivity index (χ1v) is 5.86. The van der Waals surface area contributed by atoms with E-state index in [0.717, 1.165) is 30.9 Å². The van der Waals surface area contributed by atoms with Crippen LogP contribution >= 0.6 is 0 Å². The first-order chi connectivity index (χ1) is 7.75. The van der Waals surface area contributed by atoms with Crippen molar-refractivity contribution in [3.05, 3.63) is 36.0 Å². The monoisotopic (exact) mass is 221 g/mol. The summed E-state index contributed by atoms with van der Waals surface area (Å²) in [6, 6.07) is 4.25. The van der Waals surface area contributed by atoms with Gasteiger partial charge in [-0.15, -0.1) is 0 Å². The molecule has 0 radical (unpaired) electrons. The van der Waals surface area contributed by atoms with Gasteiger partial charge in [-0.1, -0.05) is 0 Å². The second-order valence-corrected chi connectivity index (χ2v) is 4.29. The summed E-state index contributed by atoms with van der Waals surface area (Å²) in [5.41, 5.74) is 0. The molecule has 1 aromatic heterocycles. The van der Waals surface area contributed by atoms with E-state index in [1.165, 1.54) is 0 Å². The van der Waals surface area contributed by atoms with Crippen LogP contribution in [0, 0.1) is 6.92 Å². The summed E-state index contributed by atoms with van der Waals surface area (Å²) < 4.78 is 11.1. The molecule has 2 heterocycles. The van der Waals surface area contributed by atoms with Crippen LogP contribution in [0.15, 0.2) is 28.9 Å². The van der Waals surface area contributed by atoms with Crippen LogP contribution in [0.1, 0.15) is 37.3 Å². The third-order valence-corrected chi connectivity index (χ3v) is 2.86. The molecule has 0 aromatic carbocycles. The lowest BCUT2D eigenvalue weighted by atomic mass is 10.1. The lowest BCUT2D eigenvalue weighted by molar-refractivity contribution is 0.119. The quantitative estimate of drug-likeness (QED) is 0.848. The van der Waals surface area contributed by atoms with Gasteiger partial charge in [-0.3, -0.25) is 0 Å². The third kappa shape index (κ3) is 2.89. The summed E-state index contributed by atoms with van der Waals surface area (Å²) in [7, 11) is 0. The summed E-state index contributed by atoms with van der Waals surface area (Å²) in [5.74, 6) is 1.95. The first kappa shape index (κ1) is 11.3. The average Bonchev–Trinajstić information content (AvgIpc) is 2.74. The van der Waals surface area contributed by atoms with E-state index in [2.05, 4.69) is 18.3 Å². The predicted molar refractivity (Wildman–Crippen MR) is 63.1 cm³/mol.